The summed E-state index contributed by atoms with van der Waals surface area (Å²) in [6.45, 7) is 0. The summed E-state index contributed by atoms with van der Waals surface area (Å²) in [5.74, 6) is 1.04. The van der Waals surface area contributed by atoms with Gasteiger partial charge in [0.2, 0.25) is 5.91 Å². The van der Waals surface area contributed by atoms with Gasteiger partial charge in [-0.15, -0.1) is 0 Å². The van der Waals surface area contributed by atoms with Crippen LogP contribution in [0.1, 0.15) is 18.4 Å². The van der Waals surface area contributed by atoms with E-state index in [0.717, 1.165) is 18.6 Å². The van der Waals surface area contributed by atoms with Crippen molar-refractivity contribution in [2.45, 2.75) is 25.3 Å². The summed E-state index contributed by atoms with van der Waals surface area (Å²) in [6, 6.07) is 8.30. The van der Waals surface area contributed by atoms with Crippen molar-refractivity contribution in [3.8, 4) is 5.75 Å². The molecular weight excluding hydrogens is 190 g/mol. The summed E-state index contributed by atoms with van der Waals surface area (Å²) in [5, 5.41) is 2.96. The highest BCUT2D eigenvalue weighted by atomic mass is 16.5. The van der Waals surface area contributed by atoms with Crippen molar-refractivity contribution in [1.29, 1.82) is 0 Å². The first-order valence-corrected chi connectivity index (χ1v) is 5.20. The largest absolute Gasteiger partial charge is 0.497 e. The maximum Gasteiger partial charge on any atom is 0.220 e. The predicted octanol–water partition coefficient (Wildman–Crippen LogP) is 1.52. The smallest absolute Gasteiger partial charge is 0.220 e. The average molecular weight is 205 g/mol. The molecule has 0 radical (unpaired) electrons. The van der Waals surface area contributed by atoms with Crippen molar-refractivity contribution >= 4 is 5.91 Å². The van der Waals surface area contributed by atoms with E-state index < -0.39 is 0 Å². The Hall–Kier alpha value is -1.51. The third-order valence-corrected chi connectivity index (χ3v) is 2.73. The summed E-state index contributed by atoms with van der Waals surface area (Å²) < 4.78 is 5.09. The SMILES string of the molecule is COc1ccc(CC2CCC(=O)N2)cc1. The van der Waals surface area contributed by atoms with Crippen LogP contribution in [0.5, 0.6) is 5.75 Å². The van der Waals surface area contributed by atoms with E-state index in [1.807, 2.05) is 24.3 Å². The number of rotatable bonds is 3. The lowest BCUT2D eigenvalue weighted by molar-refractivity contribution is -0.119. The van der Waals surface area contributed by atoms with E-state index in [-0.39, 0.29) is 5.91 Å². The van der Waals surface area contributed by atoms with Gasteiger partial charge in [0.15, 0.2) is 0 Å². The number of methoxy groups -OCH3 is 1. The van der Waals surface area contributed by atoms with Crippen molar-refractivity contribution in [2.24, 2.45) is 0 Å². The summed E-state index contributed by atoms with van der Waals surface area (Å²) >= 11 is 0. The van der Waals surface area contributed by atoms with Crippen LogP contribution < -0.4 is 10.1 Å². The van der Waals surface area contributed by atoms with E-state index in [4.69, 9.17) is 4.74 Å². The minimum atomic E-state index is 0.175. The highest BCUT2D eigenvalue weighted by molar-refractivity contribution is 5.78. The Morgan fingerprint density at radius 3 is 2.67 bits per heavy atom. The minimum absolute atomic E-state index is 0.175. The summed E-state index contributed by atoms with van der Waals surface area (Å²) in [4.78, 5) is 11.0. The van der Waals surface area contributed by atoms with Crippen LogP contribution in [0.2, 0.25) is 0 Å². The number of carbonyl (C=O) groups is 1. The van der Waals surface area contributed by atoms with Crippen LogP contribution in [-0.4, -0.2) is 19.1 Å². The van der Waals surface area contributed by atoms with Crippen LogP contribution in [-0.2, 0) is 11.2 Å². The third kappa shape index (κ3) is 2.49. The standard InChI is InChI=1S/C12H15NO2/c1-15-11-5-2-9(3-6-11)8-10-4-7-12(14)13-10/h2-3,5-6,10H,4,7-8H2,1H3,(H,13,14). The normalized spacial score (nSPS) is 20.1. The molecule has 1 unspecified atom stereocenters. The van der Waals surface area contributed by atoms with E-state index in [9.17, 15) is 4.79 Å². The monoisotopic (exact) mass is 205 g/mol. The highest BCUT2D eigenvalue weighted by Gasteiger charge is 2.20. The fourth-order valence-corrected chi connectivity index (χ4v) is 1.88. The van der Waals surface area contributed by atoms with E-state index in [2.05, 4.69) is 5.32 Å². The molecule has 0 saturated carbocycles. The molecule has 1 aliphatic heterocycles. The van der Waals surface area contributed by atoms with Gasteiger partial charge in [0, 0.05) is 12.5 Å². The molecule has 3 heteroatoms. The summed E-state index contributed by atoms with van der Waals surface area (Å²) in [6.07, 6.45) is 2.53. The zero-order valence-corrected chi connectivity index (χ0v) is 8.82. The lowest BCUT2D eigenvalue weighted by atomic mass is 10.0. The number of hydrogen-bond donors (Lipinski definition) is 1. The third-order valence-electron chi connectivity index (χ3n) is 2.73. The summed E-state index contributed by atoms with van der Waals surface area (Å²) in [7, 11) is 1.66. The molecule has 1 aromatic carbocycles. The molecule has 1 aliphatic rings. The molecule has 15 heavy (non-hydrogen) atoms. The van der Waals surface area contributed by atoms with Gasteiger partial charge in [-0.25, -0.2) is 0 Å². The van der Waals surface area contributed by atoms with Gasteiger partial charge < -0.3 is 10.1 Å². The molecule has 1 atom stereocenters. The Morgan fingerprint density at radius 1 is 1.40 bits per heavy atom. The molecule has 1 heterocycles. The van der Waals surface area contributed by atoms with E-state index in [1.54, 1.807) is 7.11 Å². The van der Waals surface area contributed by atoms with Crippen LogP contribution in [0.15, 0.2) is 24.3 Å². The van der Waals surface area contributed by atoms with Gasteiger partial charge in [-0.05, 0) is 30.5 Å². The molecule has 1 saturated heterocycles. The lowest BCUT2D eigenvalue weighted by Crippen LogP contribution is -2.27. The van der Waals surface area contributed by atoms with E-state index in [1.165, 1.54) is 5.56 Å². The Bertz CT molecular complexity index is 345. The molecule has 3 nitrogen and oxygen atoms in total. The van der Waals surface area contributed by atoms with Crippen LogP contribution in [0.4, 0.5) is 0 Å². The topological polar surface area (TPSA) is 38.3 Å². The van der Waals surface area contributed by atoms with Crippen molar-refractivity contribution in [3.63, 3.8) is 0 Å². The number of amides is 1. The minimum Gasteiger partial charge on any atom is -0.497 e. The first kappa shape index (κ1) is 10.0. The van der Waals surface area contributed by atoms with Gasteiger partial charge >= 0.3 is 0 Å². The Morgan fingerprint density at radius 2 is 2.13 bits per heavy atom. The Balaban J connectivity index is 1.96. The molecular formula is C12H15NO2. The van der Waals surface area contributed by atoms with Crippen molar-refractivity contribution in [1.82, 2.24) is 5.32 Å². The van der Waals surface area contributed by atoms with Crippen molar-refractivity contribution < 1.29 is 9.53 Å². The zero-order chi connectivity index (χ0) is 10.7. The van der Waals surface area contributed by atoms with Gasteiger partial charge in [-0.2, -0.15) is 0 Å². The number of ether oxygens (including phenoxy) is 1. The lowest BCUT2D eigenvalue weighted by Gasteiger charge is -2.09. The summed E-state index contributed by atoms with van der Waals surface area (Å²) in [5.41, 5.74) is 1.24. The zero-order valence-electron chi connectivity index (χ0n) is 8.82. The first-order valence-electron chi connectivity index (χ1n) is 5.20. The molecule has 1 fully saturated rings. The Labute approximate surface area is 89.4 Å². The molecule has 1 amide bonds. The molecule has 0 spiro atoms. The van der Waals surface area contributed by atoms with Crippen LogP contribution in [0, 0.1) is 0 Å². The number of carbonyl (C=O) groups excluding carboxylic acids is 1. The first-order chi connectivity index (χ1) is 7.28. The van der Waals surface area contributed by atoms with Gasteiger partial charge in [0.05, 0.1) is 7.11 Å². The maximum absolute atomic E-state index is 11.0. The van der Waals surface area contributed by atoms with E-state index >= 15 is 0 Å². The van der Waals surface area contributed by atoms with Crippen LogP contribution >= 0.6 is 0 Å². The number of benzene rings is 1. The number of nitrogens with one attached hydrogen (secondary N) is 1. The van der Waals surface area contributed by atoms with Gasteiger partial charge in [-0.3, -0.25) is 4.79 Å². The fraction of sp³-hybridized carbons (Fsp3) is 0.417. The molecule has 0 aliphatic carbocycles. The molecule has 80 valence electrons. The van der Waals surface area contributed by atoms with Gasteiger partial charge in [0.25, 0.3) is 0 Å². The van der Waals surface area contributed by atoms with Gasteiger partial charge in [-0.1, -0.05) is 12.1 Å². The molecule has 0 bridgehead atoms. The van der Waals surface area contributed by atoms with Crippen molar-refractivity contribution in [2.75, 3.05) is 7.11 Å². The number of hydrogen-bond acceptors (Lipinski definition) is 2. The quantitative estimate of drug-likeness (QED) is 0.812. The average Bonchev–Trinajstić information content (AvgIpc) is 2.65. The van der Waals surface area contributed by atoms with Crippen molar-refractivity contribution in [3.05, 3.63) is 29.8 Å². The predicted molar refractivity (Wildman–Crippen MR) is 57.9 cm³/mol. The molecule has 0 aromatic heterocycles. The molecule has 1 aromatic rings. The van der Waals surface area contributed by atoms with E-state index in [0.29, 0.717) is 12.5 Å². The van der Waals surface area contributed by atoms with Crippen LogP contribution in [0.25, 0.3) is 0 Å². The van der Waals surface area contributed by atoms with Gasteiger partial charge in [0.1, 0.15) is 5.75 Å². The second kappa shape index (κ2) is 4.34. The van der Waals surface area contributed by atoms with Crippen LogP contribution in [0.3, 0.4) is 0 Å². The maximum atomic E-state index is 11.0. The highest BCUT2D eigenvalue weighted by Crippen LogP contribution is 2.16. The molecule has 2 rings (SSSR count). The Kier molecular flexibility index (Phi) is 2.90. The second-order valence-electron chi connectivity index (χ2n) is 3.86. The fourth-order valence-electron chi connectivity index (χ4n) is 1.88. The second-order valence-corrected chi connectivity index (χ2v) is 3.86. The molecule has 1 N–H and O–H groups in total.